The molecule has 0 N–H and O–H groups in total. The maximum atomic E-state index is 13.1. The van der Waals surface area contributed by atoms with Crippen LogP contribution in [0.2, 0.25) is 0 Å². The first-order valence-corrected chi connectivity index (χ1v) is 10.2. The molecule has 3 rings (SSSR count). The lowest BCUT2D eigenvalue weighted by molar-refractivity contribution is -0.142. The normalized spacial score (nSPS) is 17.0. The second-order valence-electron chi connectivity index (χ2n) is 7.53. The number of allylic oxidation sites excluding steroid dienone is 3. The Bertz CT molecular complexity index is 958. The van der Waals surface area contributed by atoms with E-state index in [0.29, 0.717) is 12.2 Å². The number of ether oxygens (including phenoxy) is 2. The highest BCUT2D eigenvalue weighted by Crippen LogP contribution is 2.41. The van der Waals surface area contributed by atoms with Gasteiger partial charge in [-0.05, 0) is 47.7 Å². The van der Waals surface area contributed by atoms with Gasteiger partial charge in [0.25, 0.3) is 0 Å². The van der Waals surface area contributed by atoms with E-state index >= 15 is 0 Å². The summed E-state index contributed by atoms with van der Waals surface area (Å²) < 4.78 is 10.0. The number of hydrogen-bond acceptors (Lipinski definition) is 5. The van der Waals surface area contributed by atoms with Crippen LogP contribution in [-0.4, -0.2) is 25.5 Å². The lowest BCUT2D eigenvalue weighted by Gasteiger charge is -2.28. The number of benzene rings is 2. The molecule has 5 heteroatoms. The lowest BCUT2D eigenvalue weighted by atomic mass is 9.79. The molecule has 0 heterocycles. The summed E-state index contributed by atoms with van der Waals surface area (Å²) in [7, 11) is 1.32. The summed E-state index contributed by atoms with van der Waals surface area (Å²) in [4.78, 5) is 26.2. The molecular formula is C24H24O4S. The number of rotatable bonds is 6. The van der Waals surface area contributed by atoms with Crippen molar-refractivity contribution < 1.29 is 19.1 Å². The maximum Gasteiger partial charge on any atom is 0.343 e. The fourth-order valence-corrected chi connectivity index (χ4v) is 4.25. The van der Waals surface area contributed by atoms with E-state index in [0.717, 1.165) is 20.9 Å². The van der Waals surface area contributed by atoms with Crippen molar-refractivity contribution in [2.75, 3.05) is 13.7 Å². The van der Waals surface area contributed by atoms with Gasteiger partial charge in [-0.1, -0.05) is 62.0 Å². The molecule has 1 aliphatic rings. The van der Waals surface area contributed by atoms with Crippen molar-refractivity contribution in [3.05, 3.63) is 76.7 Å². The predicted molar refractivity (Wildman–Crippen MR) is 116 cm³/mol. The second kappa shape index (κ2) is 9.14. The van der Waals surface area contributed by atoms with E-state index in [1.165, 1.54) is 18.9 Å². The number of Topliss-reactive ketones (excluding diaryl/α,β-unsaturated/α-hetero) is 1. The summed E-state index contributed by atoms with van der Waals surface area (Å²) in [6, 6.07) is 17.3. The maximum absolute atomic E-state index is 13.1. The molecule has 0 saturated carbocycles. The van der Waals surface area contributed by atoms with E-state index in [1.54, 1.807) is 6.07 Å². The molecule has 2 aromatic carbocycles. The van der Waals surface area contributed by atoms with Crippen LogP contribution in [-0.2, 0) is 14.3 Å². The van der Waals surface area contributed by atoms with Crippen LogP contribution >= 0.6 is 11.8 Å². The summed E-state index contributed by atoms with van der Waals surface area (Å²) in [6.07, 6.45) is 4.64. The van der Waals surface area contributed by atoms with Crippen molar-refractivity contribution in [2.24, 2.45) is 5.41 Å². The van der Waals surface area contributed by atoms with Gasteiger partial charge in [0.1, 0.15) is 5.75 Å². The summed E-state index contributed by atoms with van der Waals surface area (Å²) in [5.74, 6) is 0.173. The Balaban J connectivity index is 1.83. The SMILES string of the molecule is COC(=O)COc1cccc(C=C2CC(C)(C)C=C(Sc3ccccc3)C2=O)c1. The third-order valence-corrected chi connectivity index (χ3v) is 5.47. The number of hydrogen-bond donors (Lipinski definition) is 0. The van der Waals surface area contributed by atoms with Crippen molar-refractivity contribution in [1.82, 2.24) is 0 Å². The van der Waals surface area contributed by atoms with E-state index in [2.05, 4.69) is 24.7 Å². The molecule has 0 bridgehead atoms. The van der Waals surface area contributed by atoms with Gasteiger partial charge in [0.05, 0.1) is 12.0 Å². The third-order valence-electron chi connectivity index (χ3n) is 4.44. The van der Waals surface area contributed by atoms with Gasteiger partial charge in [-0.2, -0.15) is 0 Å². The summed E-state index contributed by atoms with van der Waals surface area (Å²) >= 11 is 1.50. The van der Waals surface area contributed by atoms with Crippen LogP contribution < -0.4 is 4.74 Å². The van der Waals surface area contributed by atoms with E-state index in [4.69, 9.17) is 4.74 Å². The molecule has 0 aliphatic heterocycles. The molecule has 0 fully saturated rings. The van der Waals surface area contributed by atoms with Crippen LogP contribution in [0.4, 0.5) is 0 Å². The average molecular weight is 409 g/mol. The van der Waals surface area contributed by atoms with Gasteiger partial charge < -0.3 is 9.47 Å². The molecule has 0 amide bonds. The van der Waals surface area contributed by atoms with Crippen molar-refractivity contribution >= 4 is 29.6 Å². The van der Waals surface area contributed by atoms with Gasteiger partial charge in [-0.15, -0.1) is 0 Å². The highest BCUT2D eigenvalue weighted by atomic mass is 32.2. The molecule has 150 valence electrons. The second-order valence-corrected chi connectivity index (χ2v) is 8.64. The topological polar surface area (TPSA) is 52.6 Å². The van der Waals surface area contributed by atoms with Crippen molar-refractivity contribution in [1.29, 1.82) is 0 Å². The van der Waals surface area contributed by atoms with E-state index in [9.17, 15) is 9.59 Å². The Kier molecular flexibility index (Phi) is 6.60. The molecule has 0 radical (unpaired) electrons. The minimum absolute atomic E-state index is 0.0547. The lowest BCUT2D eigenvalue weighted by Crippen LogP contribution is -2.21. The number of thioether (sulfide) groups is 1. The first kappa shape index (κ1) is 20.9. The fraction of sp³-hybridized carbons (Fsp3) is 0.250. The third kappa shape index (κ3) is 5.84. The molecule has 0 spiro atoms. The van der Waals surface area contributed by atoms with Crippen LogP contribution in [0.15, 0.2) is 76.0 Å². The van der Waals surface area contributed by atoms with Gasteiger partial charge in [-0.25, -0.2) is 4.79 Å². The van der Waals surface area contributed by atoms with Crippen molar-refractivity contribution in [3.8, 4) is 5.75 Å². The molecule has 0 unspecified atom stereocenters. The molecule has 29 heavy (non-hydrogen) atoms. The zero-order valence-electron chi connectivity index (χ0n) is 16.8. The van der Waals surface area contributed by atoms with Gasteiger partial charge in [0, 0.05) is 10.5 Å². The Morgan fingerprint density at radius 3 is 2.62 bits per heavy atom. The summed E-state index contributed by atoms with van der Waals surface area (Å²) in [5.41, 5.74) is 1.51. The Labute approximate surface area is 175 Å². The average Bonchev–Trinajstić information content (AvgIpc) is 2.70. The van der Waals surface area contributed by atoms with E-state index in [-0.39, 0.29) is 17.8 Å². The summed E-state index contributed by atoms with van der Waals surface area (Å²) in [5, 5.41) is 0. The Hall–Kier alpha value is -2.79. The Morgan fingerprint density at radius 2 is 1.90 bits per heavy atom. The quantitative estimate of drug-likeness (QED) is 0.480. The smallest absolute Gasteiger partial charge is 0.343 e. The molecule has 1 aliphatic carbocycles. The largest absolute Gasteiger partial charge is 0.482 e. The standard InChI is InChI=1S/C24H24O4S/c1-24(2)14-18(23(26)21(15-24)29-20-10-5-4-6-11-20)12-17-8-7-9-19(13-17)28-16-22(25)27-3/h4-13,15H,14,16H2,1-3H3. The van der Waals surface area contributed by atoms with Crippen molar-refractivity contribution in [2.45, 2.75) is 25.2 Å². The monoisotopic (exact) mass is 408 g/mol. The van der Waals surface area contributed by atoms with Gasteiger partial charge in [0.15, 0.2) is 12.4 Å². The summed E-state index contributed by atoms with van der Waals surface area (Å²) in [6.45, 7) is 4.12. The molecule has 0 saturated heterocycles. The van der Waals surface area contributed by atoms with Gasteiger partial charge in [0.2, 0.25) is 0 Å². The number of esters is 1. The molecular weight excluding hydrogens is 384 g/mol. The zero-order valence-corrected chi connectivity index (χ0v) is 17.6. The highest BCUT2D eigenvalue weighted by molar-refractivity contribution is 8.04. The minimum atomic E-state index is -0.439. The fourth-order valence-electron chi connectivity index (χ4n) is 3.11. The van der Waals surface area contributed by atoms with Crippen molar-refractivity contribution in [3.63, 3.8) is 0 Å². The van der Waals surface area contributed by atoms with Crippen LogP contribution in [0.5, 0.6) is 5.75 Å². The van der Waals surface area contributed by atoms with Crippen LogP contribution in [0, 0.1) is 5.41 Å². The first-order chi connectivity index (χ1) is 13.9. The van der Waals surface area contributed by atoms with E-state index < -0.39 is 5.97 Å². The number of carbonyl (C=O) groups excluding carboxylic acids is 2. The molecule has 4 nitrogen and oxygen atoms in total. The van der Waals surface area contributed by atoms with Gasteiger partial charge >= 0.3 is 5.97 Å². The molecule has 2 aromatic rings. The minimum Gasteiger partial charge on any atom is -0.482 e. The van der Waals surface area contributed by atoms with Crippen LogP contribution in [0.3, 0.4) is 0 Å². The zero-order chi connectivity index (χ0) is 20.9. The predicted octanol–water partition coefficient (Wildman–Crippen LogP) is 5.30. The molecule has 0 atom stereocenters. The number of ketones is 1. The van der Waals surface area contributed by atoms with Gasteiger partial charge in [-0.3, -0.25) is 4.79 Å². The number of methoxy groups -OCH3 is 1. The van der Waals surface area contributed by atoms with Crippen LogP contribution in [0.25, 0.3) is 6.08 Å². The van der Waals surface area contributed by atoms with Crippen LogP contribution in [0.1, 0.15) is 25.8 Å². The molecule has 0 aromatic heterocycles. The Morgan fingerprint density at radius 1 is 1.14 bits per heavy atom. The first-order valence-electron chi connectivity index (χ1n) is 9.37. The van der Waals surface area contributed by atoms with E-state index in [1.807, 2.05) is 54.6 Å². The number of carbonyl (C=O) groups is 2. The highest BCUT2D eigenvalue weighted by Gasteiger charge is 2.30.